The Labute approximate surface area is 133 Å². The molecule has 1 unspecified atom stereocenters. The predicted molar refractivity (Wildman–Crippen MR) is 83.7 cm³/mol. The van der Waals surface area contributed by atoms with Gasteiger partial charge in [0, 0.05) is 16.1 Å². The van der Waals surface area contributed by atoms with E-state index in [1.165, 1.54) is 18.9 Å². The first-order valence-corrected chi connectivity index (χ1v) is 8.19. The Morgan fingerprint density at radius 1 is 1.33 bits per heavy atom. The van der Waals surface area contributed by atoms with Crippen LogP contribution < -0.4 is 5.32 Å². The number of halogens is 2. The zero-order chi connectivity index (χ0) is 15.5. The standard InChI is InChI=1S/C16H21BrFNO2/c1-16(15(20)21,13-10-11(17)8-9-14(13)18)19-12-6-4-2-3-5-7-12/h8-10,12,19H,2-7H2,1H3,(H,20,21). The minimum Gasteiger partial charge on any atom is -0.480 e. The highest BCUT2D eigenvalue weighted by molar-refractivity contribution is 9.10. The quantitative estimate of drug-likeness (QED) is 0.793. The summed E-state index contributed by atoms with van der Waals surface area (Å²) < 4.78 is 14.8. The van der Waals surface area contributed by atoms with E-state index >= 15 is 0 Å². The van der Waals surface area contributed by atoms with Crippen LogP contribution in [0.1, 0.15) is 51.0 Å². The summed E-state index contributed by atoms with van der Waals surface area (Å²) in [6.07, 6.45) is 6.44. The van der Waals surface area contributed by atoms with Gasteiger partial charge in [-0.2, -0.15) is 0 Å². The lowest BCUT2D eigenvalue weighted by Gasteiger charge is -2.32. The van der Waals surface area contributed by atoms with Gasteiger partial charge in [0.05, 0.1) is 0 Å². The van der Waals surface area contributed by atoms with E-state index in [4.69, 9.17) is 0 Å². The molecule has 0 radical (unpaired) electrons. The number of rotatable bonds is 4. The van der Waals surface area contributed by atoms with E-state index < -0.39 is 17.3 Å². The molecule has 1 atom stereocenters. The van der Waals surface area contributed by atoms with Crippen LogP contribution in [0.2, 0.25) is 0 Å². The highest BCUT2D eigenvalue weighted by atomic mass is 79.9. The summed E-state index contributed by atoms with van der Waals surface area (Å²) in [5, 5.41) is 12.9. The second-order valence-electron chi connectivity index (χ2n) is 5.89. The highest BCUT2D eigenvalue weighted by Gasteiger charge is 2.39. The van der Waals surface area contributed by atoms with Crippen LogP contribution in [0, 0.1) is 5.82 Å². The average Bonchev–Trinajstić information content (AvgIpc) is 2.69. The third-order valence-electron chi connectivity index (χ3n) is 4.24. The van der Waals surface area contributed by atoms with Gasteiger partial charge in [0.2, 0.25) is 0 Å². The van der Waals surface area contributed by atoms with Crippen LogP contribution >= 0.6 is 15.9 Å². The number of aliphatic carboxylic acids is 1. The lowest BCUT2D eigenvalue weighted by molar-refractivity contribution is -0.145. The minimum absolute atomic E-state index is 0.118. The maximum atomic E-state index is 14.1. The van der Waals surface area contributed by atoms with Crippen molar-refractivity contribution >= 4 is 21.9 Å². The summed E-state index contributed by atoms with van der Waals surface area (Å²) in [4.78, 5) is 11.8. The Morgan fingerprint density at radius 2 is 1.95 bits per heavy atom. The summed E-state index contributed by atoms with van der Waals surface area (Å²) >= 11 is 3.29. The molecule has 116 valence electrons. The van der Waals surface area contributed by atoms with E-state index in [0.717, 1.165) is 25.7 Å². The second kappa shape index (κ2) is 6.88. The monoisotopic (exact) mass is 357 g/mol. The highest BCUT2D eigenvalue weighted by Crippen LogP contribution is 2.29. The molecule has 3 nitrogen and oxygen atoms in total. The molecule has 21 heavy (non-hydrogen) atoms. The summed E-state index contributed by atoms with van der Waals surface area (Å²) in [6, 6.07) is 4.54. The van der Waals surface area contributed by atoms with Crippen LogP contribution in [-0.4, -0.2) is 17.1 Å². The van der Waals surface area contributed by atoms with Crippen molar-refractivity contribution in [2.75, 3.05) is 0 Å². The van der Waals surface area contributed by atoms with Crippen molar-refractivity contribution in [3.8, 4) is 0 Å². The smallest absolute Gasteiger partial charge is 0.328 e. The number of hydrogen-bond donors (Lipinski definition) is 2. The average molecular weight is 358 g/mol. The van der Waals surface area contributed by atoms with Crippen LogP contribution in [0.5, 0.6) is 0 Å². The first-order chi connectivity index (χ1) is 9.93. The molecule has 1 aliphatic carbocycles. The molecule has 0 bridgehead atoms. The molecule has 1 fully saturated rings. The Hall–Kier alpha value is -0.940. The SMILES string of the molecule is CC(NC1CCCCCC1)(C(=O)O)c1cc(Br)ccc1F. The van der Waals surface area contributed by atoms with E-state index in [9.17, 15) is 14.3 Å². The Balaban J connectivity index is 2.31. The first kappa shape index (κ1) is 16.4. The number of carboxylic acids is 1. The third kappa shape index (κ3) is 3.83. The van der Waals surface area contributed by atoms with E-state index in [2.05, 4.69) is 21.2 Å². The molecule has 0 amide bonds. The molecule has 2 N–H and O–H groups in total. The van der Waals surface area contributed by atoms with E-state index in [-0.39, 0.29) is 11.6 Å². The molecule has 0 heterocycles. The van der Waals surface area contributed by atoms with E-state index in [1.54, 1.807) is 19.1 Å². The molecule has 2 rings (SSSR count). The van der Waals surface area contributed by atoms with Gasteiger partial charge < -0.3 is 5.11 Å². The van der Waals surface area contributed by atoms with Gasteiger partial charge in [0.1, 0.15) is 11.4 Å². The minimum atomic E-state index is -1.41. The second-order valence-corrected chi connectivity index (χ2v) is 6.80. The first-order valence-electron chi connectivity index (χ1n) is 7.40. The number of carboxylic acid groups (broad SMARTS) is 1. The molecule has 5 heteroatoms. The zero-order valence-electron chi connectivity index (χ0n) is 12.2. The maximum absolute atomic E-state index is 14.1. The van der Waals surface area contributed by atoms with Gasteiger partial charge in [-0.25, -0.2) is 9.18 Å². The van der Waals surface area contributed by atoms with Crippen molar-refractivity contribution in [2.24, 2.45) is 0 Å². The van der Waals surface area contributed by atoms with Gasteiger partial charge in [-0.3, -0.25) is 5.32 Å². The van der Waals surface area contributed by atoms with Gasteiger partial charge in [-0.1, -0.05) is 41.6 Å². The van der Waals surface area contributed by atoms with E-state index in [1.807, 2.05) is 0 Å². The van der Waals surface area contributed by atoms with Crippen molar-refractivity contribution in [2.45, 2.75) is 57.0 Å². The van der Waals surface area contributed by atoms with Crippen molar-refractivity contribution < 1.29 is 14.3 Å². The van der Waals surface area contributed by atoms with Crippen LogP contribution in [0.25, 0.3) is 0 Å². The Morgan fingerprint density at radius 3 is 2.52 bits per heavy atom. The third-order valence-corrected chi connectivity index (χ3v) is 4.74. The molecule has 0 aromatic heterocycles. The number of benzene rings is 1. The lowest BCUT2D eigenvalue weighted by Crippen LogP contribution is -2.51. The molecule has 0 saturated heterocycles. The zero-order valence-corrected chi connectivity index (χ0v) is 13.7. The van der Waals surface area contributed by atoms with Crippen molar-refractivity contribution in [3.05, 3.63) is 34.1 Å². The van der Waals surface area contributed by atoms with Crippen molar-refractivity contribution in [1.29, 1.82) is 0 Å². The van der Waals surface area contributed by atoms with Crippen LogP contribution in [0.4, 0.5) is 4.39 Å². The van der Waals surface area contributed by atoms with Crippen molar-refractivity contribution in [1.82, 2.24) is 5.32 Å². The molecule has 1 aromatic carbocycles. The Bertz CT molecular complexity index is 515. The lowest BCUT2D eigenvalue weighted by atomic mass is 9.89. The molecular weight excluding hydrogens is 337 g/mol. The number of carbonyl (C=O) groups is 1. The van der Waals surface area contributed by atoms with Gasteiger partial charge in [0.25, 0.3) is 0 Å². The molecule has 1 aromatic rings. The largest absolute Gasteiger partial charge is 0.480 e. The van der Waals surface area contributed by atoms with Crippen molar-refractivity contribution in [3.63, 3.8) is 0 Å². The van der Waals surface area contributed by atoms with Crippen LogP contribution in [0.15, 0.2) is 22.7 Å². The number of hydrogen-bond acceptors (Lipinski definition) is 2. The molecule has 0 aliphatic heterocycles. The molecule has 1 aliphatic rings. The van der Waals surface area contributed by atoms with Gasteiger partial charge >= 0.3 is 5.97 Å². The molecular formula is C16H21BrFNO2. The summed E-state index contributed by atoms with van der Waals surface area (Å²) in [7, 11) is 0. The van der Waals surface area contributed by atoms with Gasteiger partial charge in [-0.05, 0) is 38.0 Å². The Kier molecular flexibility index (Phi) is 5.38. The van der Waals surface area contributed by atoms with Gasteiger partial charge in [-0.15, -0.1) is 0 Å². The number of nitrogens with one attached hydrogen (secondary N) is 1. The fourth-order valence-electron chi connectivity index (χ4n) is 2.97. The van der Waals surface area contributed by atoms with Crippen LogP contribution in [0.3, 0.4) is 0 Å². The topological polar surface area (TPSA) is 49.3 Å². The van der Waals surface area contributed by atoms with Crippen LogP contribution in [-0.2, 0) is 10.3 Å². The summed E-state index contributed by atoms with van der Waals surface area (Å²) in [6.45, 7) is 1.55. The van der Waals surface area contributed by atoms with Gasteiger partial charge in [0.15, 0.2) is 0 Å². The molecule has 1 saturated carbocycles. The maximum Gasteiger partial charge on any atom is 0.328 e. The van der Waals surface area contributed by atoms with E-state index in [0.29, 0.717) is 4.47 Å². The summed E-state index contributed by atoms with van der Waals surface area (Å²) in [5.41, 5.74) is -1.24. The predicted octanol–water partition coefficient (Wildman–Crippen LogP) is 4.20. The molecule has 0 spiro atoms. The normalized spacial score (nSPS) is 19.8. The fraction of sp³-hybridized carbons (Fsp3) is 0.562. The fourth-order valence-corrected chi connectivity index (χ4v) is 3.33. The summed E-state index contributed by atoms with van der Waals surface area (Å²) in [5.74, 6) is -1.55.